The van der Waals surface area contributed by atoms with Crippen LogP contribution in [0.5, 0.6) is 0 Å². The molecule has 18 heavy (non-hydrogen) atoms. The molecule has 0 radical (unpaired) electrons. The van der Waals surface area contributed by atoms with Gasteiger partial charge in [0.2, 0.25) is 10.0 Å². The van der Waals surface area contributed by atoms with E-state index < -0.39 is 10.0 Å². The van der Waals surface area contributed by atoms with Crippen molar-refractivity contribution in [3.05, 3.63) is 15.8 Å². The monoisotopic (exact) mass is 306 g/mol. The van der Waals surface area contributed by atoms with Crippen molar-refractivity contribution in [3.63, 3.8) is 0 Å². The maximum Gasteiger partial charge on any atom is 0.242 e. The van der Waals surface area contributed by atoms with Crippen molar-refractivity contribution in [1.29, 1.82) is 0 Å². The summed E-state index contributed by atoms with van der Waals surface area (Å²) in [5.41, 5.74) is 6.40. The Labute approximate surface area is 116 Å². The Kier molecular flexibility index (Phi) is 4.71. The molecule has 7 heteroatoms. The molecule has 1 aliphatic heterocycles. The lowest BCUT2D eigenvalue weighted by atomic mass is 10.2. The van der Waals surface area contributed by atoms with Gasteiger partial charge in [0.25, 0.3) is 0 Å². The highest BCUT2D eigenvalue weighted by Gasteiger charge is 2.26. The summed E-state index contributed by atoms with van der Waals surface area (Å²) in [4.78, 5) is 1.14. The summed E-state index contributed by atoms with van der Waals surface area (Å²) in [6.45, 7) is 2.09. The van der Waals surface area contributed by atoms with Crippen molar-refractivity contribution in [3.8, 4) is 0 Å². The van der Waals surface area contributed by atoms with Crippen LogP contribution in [-0.2, 0) is 16.6 Å². The van der Waals surface area contributed by atoms with Crippen molar-refractivity contribution in [2.24, 2.45) is 5.73 Å². The Bertz CT molecular complexity index is 504. The lowest BCUT2D eigenvalue weighted by Gasteiger charge is -2.22. The van der Waals surface area contributed by atoms with E-state index in [1.165, 1.54) is 11.3 Å². The van der Waals surface area contributed by atoms with Crippen LogP contribution in [0.4, 0.5) is 0 Å². The molecule has 1 fully saturated rings. The topological polar surface area (TPSA) is 72.2 Å². The van der Waals surface area contributed by atoms with Crippen LogP contribution >= 0.6 is 23.1 Å². The summed E-state index contributed by atoms with van der Waals surface area (Å²) in [6.07, 6.45) is 1.82. The quantitative estimate of drug-likeness (QED) is 0.888. The zero-order valence-corrected chi connectivity index (χ0v) is 12.8. The maximum absolute atomic E-state index is 12.4. The van der Waals surface area contributed by atoms with Gasteiger partial charge in [0.1, 0.15) is 4.90 Å². The highest BCUT2D eigenvalue weighted by atomic mass is 32.2. The minimum Gasteiger partial charge on any atom is -0.326 e. The van der Waals surface area contributed by atoms with Crippen LogP contribution in [0.25, 0.3) is 0 Å². The van der Waals surface area contributed by atoms with E-state index in [0.717, 1.165) is 34.8 Å². The molecule has 0 spiro atoms. The van der Waals surface area contributed by atoms with Crippen molar-refractivity contribution in [1.82, 2.24) is 4.72 Å². The van der Waals surface area contributed by atoms with Gasteiger partial charge in [0, 0.05) is 17.5 Å². The molecule has 1 saturated heterocycles. The molecule has 3 N–H and O–H groups in total. The molecule has 1 aromatic rings. The van der Waals surface area contributed by atoms with Crippen LogP contribution in [-0.4, -0.2) is 26.0 Å². The van der Waals surface area contributed by atoms with E-state index in [9.17, 15) is 8.42 Å². The van der Waals surface area contributed by atoms with E-state index in [1.54, 1.807) is 0 Å². The number of hydrogen-bond donors (Lipinski definition) is 2. The van der Waals surface area contributed by atoms with Gasteiger partial charge >= 0.3 is 0 Å². The number of aryl methyl sites for hydroxylation is 1. The van der Waals surface area contributed by atoms with Crippen LogP contribution in [0.3, 0.4) is 0 Å². The summed E-state index contributed by atoms with van der Waals surface area (Å²) < 4.78 is 27.6. The Hall–Kier alpha value is -0.0800. The van der Waals surface area contributed by atoms with Crippen molar-refractivity contribution < 1.29 is 8.42 Å². The van der Waals surface area contributed by atoms with E-state index in [2.05, 4.69) is 4.72 Å². The summed E-state index contributed by atoms with van der Waals surface area (Å²) in [7, 11) is -3.42. The molecule has 0 saturated carbocycles. The molecule has 4 nitrogen and oxygen atoms in total. The van der Waals surface area contributed by atoms with Crippen LogP contribution < -0.4 is 10.5 Å². The first-order chi connectivity index (χ1) is 8.54. The standard InChI is InChI=1S/C11H18N2O2S3/c1-8-7-17-10(6-12)11(8)18(14,15)13-9-2-4-16-5-3-9/h7,9,13H,2-6,12H2,1H3. The van der Waals surface area contributed by atoms with Crippen LogP contribution in [0.15, 0.2) is 10.3 Å². The molecule has 0 atom stereocenters. The number of rotatable bonds is 4. The average Bonchev–Trinajstić information content (AvgIpc) is 2.72. The molecule has 0 aromatic carbocycles. The van der Waals surface area contributed by atoms with Crippen LogP contribution in [0.1, 0.15) is 23.3 Å². The first-order valence-electron chi connectivity index (χ1n) is 5.91. The zero-order chi connectivity index (χ0) is 13.2. The van der Waals surface area contributed by atoms with Gasteiger partial charge in [-0.15, -0.1) is 11.3 Å². The Morgan fingerprint density at radius 3 is 2.72 bits per heavy atom. The maximum atomic E-state index is 12.4. The second-order valence-corrected chi connectivity index (χ2v) is 8.22. The highest BCUT2D eigenvalue weighted by molar-refractivity contribution is 7.99. The third kappa shape index (κ3) is 3.08. The minimum atomic E-state index is -3.42. The highest BCUT2D eigenvalue weighted by Crippen LogP contribution is 2.27. The lowest BCUT2D eigenvalue weighted by Crippen LogP contribution is -2.37. The fourth-order valence-corrected chi connectivity index (χ4v) is 6.20. The van der Waals surface area contributed by atoms with Gasteiger partial charge in [0.15, 0.2) is 0 Å². The van der Waals surface area contributed by atoms with Gasteiger partial charge in [-0.25, -0.2) is 13.1 Å². The summed E-state index contributed by atoms with van der Waals surface area (Å²) in [5.74, 6) is 2.05. The normalized spacial score (nSPS) is 18.1. The number of nitrogens with two attached hydrogens (primary N) is 1. The molecule has 1 aliphatic rings. The van der Waals surface area contributed by atoms with Gasteiger partial charge in [-0.3, -0.25) is 0 Å². The second-order valence-electron chi connectivity index (χ2n) is 4.38. The molecule has 102 valence electrons. The number of hydrogen-bond acceptors (Lipinski definition) is 5. The largest absolute Gasteiger partial charge is 0.326 e. The molecular formula is C11H18N2O2S3. The summed E-state index contributed by atoms with van der Waals surface area (Å²) in [5, 5.41) is 1.85. The van der Waals surface area contributed by atoms with E-state index in [0.29, 0.717) is 4.90 Å². The molecule has 0 unspecified atom stereocenters. The molecule has 2 rings (SSSR count). The van der Waals surface area contributed by atoms with Gasteiger partial charge in [-0.2, -0.15) is 11.8 Å². The smallest absolute Gasteiger partial charge is 0.242 e. The van der Waals surface area contributed by atoms with Gasteiger partial charge in [0.05, 0.1) is 0 Å². The van der Waals surface area contributed by atoms with Gasteiger partial charge in [-0.1, -0.05) is 0 Å². The molecular weight excluding hydrogens is 288 g/mol. The van der Waals surface area contributed by atoms with E-state index in [-0.39, 0.29) is 12.6 Å². The first kappa shape index (κ1) is 14.3. The SMILES string of the molecule is Cc1csc(CN)c1S(=O)(=O)NC1CCSCC1. The zero-order valence-electron chi connectivity index (χ0n) is 10.3. The molecule has 1 aromatic heterocycles. The summed E-state index contributed by atoms with van der Waals surface area (Å²) in [6, 6.07) is 0.0705. The number of nitrogens with one attached hydrogen (secondary N) is 1. The molecule has 0 bridgehead atoms. The lowest BCUT2D eigenvalue weighted by molar-refractivity contribution is 0.528. The number of sulfonamides is 1. The first-order valence-corrected chi connectivity index (χ1v) is 9.43. The fraction of sp³-hybridized carbons (Fsp3) is 0.636. The third-order valence-electron chi connectivity index (χ3n) is 2.99. The van der Waals surface area contributed by atoms with Crippen molar-refractivity contribution in [2.75, 3.05) is 11.5 Å². The fourth-order valence-electron chi connectivity index (χ4n) is 2.08. The molecule has 2 heterocycles. The second kappa shape index (κ2) is 5.92. The van der Waals surface area contributed by atoms with Crippen LogP contribution in [0.2, 0.25) is 0 Å². The Morgan fingerprint density at radius 1 is 1.44 bits per heavy atom. The van der Waals surface area contributed by atoms with Crippen molar-refractivity contribution >= 4 is 33.1 Å². The molecule has 0 aliphatic carbocycles. The minimum absolute atomic E-state index is 0.0705. The van der Waals surface area contributed by atoms with Crippen LogP contribution in [0, 0.1) is 6.92 Å². The van der Waals surface area contributed by atoms with E-state index >= 15 is 0 Å². The summed E-state index contributed by atoms with van der Waals surface area (Å²) >= 11 is 3.30. The number of thioether (sulfide) groups is 1. The van der Waals surface area contributed by atoms with Gasteiger partial charge in [-0.05, 0) is 42.2 Å². The Balaban J connectivity index is 2.21. The Morgan fingerprint density at radius 2 is 2.11 bits per heavy atom. The van der Waals surface area contributed by atoms with Crippen molar-refractivity contribution in [2.45, 2.75) is 37.2 Å². The van der Waals surface area contributed by atoms with E-state index in [1.807, 2.05) is 24.1 Å². The number of thiophene rings is 1. The third-order valence-corrected chi connectivity index (χ3v) is 7.04. The average molecular weight is 306 g/mol. The van der Waals surface area contributed by atoms with E-state index in [4.69, 9.17) is 5.73 Å². The predicted octanol–water partition coefficient (Wildman–Crippen LogP) is 1.69. The molecule has 0 amide bonds. The predicted molar refractivity (Wildman–Crippen MR) is 77.6 cm³/mol. The van der Waals surface area contributed by atoms with Gasteiger partial charge < -0.3 is 5.73 Å².